The first-order chi connectivity index (χ1) is 16.2. The maximum absolute atomic E-state index is 13.2. The third-order valence-electron chi connectivity index (χ3n) is 6.36. The summed E-state index contributed by atoms with van der Waals surface area (Å²) in [5.74, 6) is 0.0742. The lowest BCUT2D eigenvalue weighted by molar-refractivity contribution is -0.127. The van der Waals surface area contributed by atoms with E-state index in [1.54, 1.807) is 0 Å². The molecule has 1 fully saturated rings. The first-order valence-corrected chi connectivity index (χ1v) is 11.8. The number of piperazine rings is 1. The van der Waals surface area contributed by atoms with Gasteiger partial charge in [0.2, 0.25) is 5.91 Å². The van der Waals surface area contributed by atoms with Crippen molar-refractivity contribution < 1.29 is 4.79 Å². The molecule has 0 spiro atoms. The lowest BCUT2D eigenvalue weighted by Gasteiger charge is -2.37. The van der Waals surface area contributed by atoms with Crippen molar-refractivity contribution >= 4 is 12.0 Å². The molecule has 33 heavy (non-hydrogen) atoms. The van der Waals surface area contributed by atoms with Crippen molar-refractivity contribution in [1.29, 1.82) is 0 Å². The summed E-state index contributed by atoms with van der Waals surface area (Å²) in [6.45, 7) is 6.69. The number of hydrogen-bond donors (Lipinski definition) is 1. The van der Waals surface area contributed by atoms with E-state index in [4.69, 9.17) is 0 Å². The Kier molecular flexibility index (Phi) is 8.07. The summed E-state index contributed by atoms with van der Waals surface area (Å²) in [6, 6.07) is 30.5. The molecular weight excluding hydrogens is 406 g/mol. The molecule has 1 amide bonds. The third kappa shape index (κ3) is 6.41. The normalized spacial score (nSPS) is 16.2. The molecular formula is C29H33N3O. The zero-order valence-electron chi connectivity index (χ0n) is 19.3. The van der Waals surface area contributed by atoms with Crippen molar-refractivity contribution in [2.45, 2.75) is 19.0 Å². The van der Waals surface area contributed by atoms with Gasteiger partial charge in [-0.2, -0.15) is 0 Å². The van der Waals surface area contributed by atoms with Crippen LogP contribution in [0.25, 0.3) is 6.08 Å². The van der Waals surface area contributed by atoms with Gasteiger partial charge in [-0.15, -0.1) is 0 Å². The molecule has 0 bridgehead atoms. The van der Waals surface area contributed by atoms with E-state index in [2.05, 4.69) is 75.8 Å². The predicted molar refractivity (Wildman–Crippen MR) is 136 cm³/mol. The number of carbonyl (C=O) groups is 1. The lowest BCUT2D eigenvalue weighted by Crippen LogP contribution is -2.54. The second kappa shape index (κ2) is 11.6. The predicted octanol–water partition coefficient (Wildman–Crippen LogP) is 4.61. The molecule has 4 rings (SSSR count). The Balaban J connectivity index is 1.32. The van der Waals surface area contributed by atoms with Crippen LogP contribution in [0.2, 0.25) is 0 Å². The molecule has 1 saturated heterocycles. The minimum Gasteiger partial charge on any atom is -0.344 e. The fraction of sp³-hybridized carbons (Fsp3) is 0.276. The molecule has 4 heteroatoms. The van der Waals surface area contributed by atoms with Crippen LogP contribution in [0.15, 0.2) is 97.1 Å². The Morgan fingerprint density at radius 2 is 1.33 bits per heavy atom. The number of rotatable bonds is 8. The van der Waals surface area contributed by atoms with Crippen LogP contribution in [0.4, 0.5) is 0 Å². The SMILES string of the molecule is CC(C(=O)NC(c1ccccc1)c1ccccc1)N1CCN(C/C=C/c2ccccc2)CC1. The van der Waals surface area contributed by atoms with Crippen LogP contribution in [0.5, 0.6) is 0 Å². The smallest absolute Gasteiger partial charge is 0.237 e. The summed E-state index contributed by atoms with van der Waals surface area (Å²) in [5, 5.41) is 3.30. The monoisotopic (exact) mass is 439 g/mol. The van der Waals surface area contributed by atoms with Gasteiger partial charge < -0.3 is 5.32 Å². The van der Waals surface area contributed by atoms with Crippen LogP contribution in [0, 0.1) is 0 Å². The average Bonchev–Trinajstić information content (AvgIpc) is 2.89. The maximum Gasteiger partial charge on any atom is 0.237 e. The molecule has 3 aromatic carbocycles. The molecule has 1 N–H and O–H groups in total. The summed E-state index contributed by atoms with van der Waals surface area (Å²) in [4.78, 5) is 18.0. The highest BCUT2D eigenvalue weighted by molar-refractivity contribution is 5.82. The van der Waals surface area contributed by atoms with Gasteiger partial charge in [-0.25, -0.2) is 0 Å². The largest absolute Gasteiger partial charge is 0.344 e. The van der Waals surface area contributed by atoms with E-state index >= 15 is 0 Å². The van der Waals surface area contributed by atoms with Gasteiger partial charge >= 0.3 is 0 Å². The number of nitrogens with zero attached hydrogens (tertiary/aromatic N) is 2. The standard InChI is InChI=1S/C29H33N3O/c1-24(32-22-20-31(21-23-32)19-11-14-25-12-5-2-6-13-25)29(33)30-28(26-15-7-3-8-16-26)27-17-9-4-10-18-27/h2-18,24,28H,19-23H2,1H3,(H,30,33)/b14-11+. The molecule has 1 aliphatic rings. The van der Waals surface area contributed by atoms with Crippen molar-refractivity contribution in [1.82, 2.24) is 15.1 Å². The van der Waals surface area contributed by atoms with E-state index in [9.17, 15) is 4.79 Å². The van der Waals surface area contributed by atoms with Crippen LogP contribution in [0.3, 0.4) is 0 Å². The van der Waals surface area contributed by atoms with E-state index < -0.39 is 0 Å². The number of hydrogen-bond acceptors (Lipinski definition) is 3. The maximum atomic E-state index is 13.2. The van der Waals surface area contributed by atoms with Gasteiger partial charge in [0.25, 0.3) is 0 Å². The summed E-state index contributed by atoms with van der Waals surface area (Å²) < 4.78 is 0. The number of nitrogens with one attached hydrogen (secondary N) is 1. The Bertz CT molecular complexity index is 973. The second-order valence-corrected chi connectivity index (χ2v) is 8.59. The molecule has 0 saturated carbocycles. The highest BCUT2D eigenvalue weighted by Gasteiger charge is 2.27. The summed E-state index contributed by atoms with van der Waals surface area (Å²) in [7, 11) is 0. The van der Waals surface area contributed by atoms with Crippen molar-refractivity contribution in [3.8, 4) is 0 Å². The molecule has 1 aliphatic heterocycles. The first-order valence-electron chi connectivity index (χ1n) is 11.8. The van der Waals surface area contributed by atoms with Gasteiger partial charge in [0.05, 0.1) is 12.1 Å². The molecule has 170 valence electrons. The lowest BCUT2D eigenvalue weighted by atomic mass is 9.98. The summed E-state index contributed by atoms with van der Waals surface area (Å²) in [6.07, 6.45) is 4.40. The van der Waals surface area contributed by atoms with Gasteiger partial charge in [0.1, 0.15) is 0 Å². The van der Waals surface area contributed by atoms with E-state index in [-0.39, 0.29) is 18.0 Å². The zero-order valence-corrected chi connectivity index (χ0v) is 19.3. The number of amides is 1. The third-order valence-corrected chi connectivity index (χ3v) is 6.36. The number of benzene rings is 3. The van der Waals surface area contributed by atoms with E-state index in [0.717, 1.165) is 43.9 Å². The van der Waals surface area contributed by atoms with Crippen LogP contribution >= 0.6 is 0 Å². The molecule has 1 heterocycles. The van der Waals surface area contributed by atoms with Crippen molar-refractivity contribution in [2.75, 3.05) is 32.7 Å². The highest BCUT2D eigenvalue weighted by Crippen LogP contribution is 2.22. The highest BCUT2D eigenvalue weighted by atomic mass is 16.2. The fourth-order valence-electron chi connectivity index (χ4n) is 4.31. The van der Waals surface area contributed by atoms with E-state index in [1.807, 2.05) is 49.4 Å². The quantitative estimate of drug-likeness (QED) is 0.557. The van der Waals surface area contributed by atoms with Gasteiger partial charge in [-0.3, -0.25) is 14.6 Å². The Labute approximate surface area is 197 Å². The van der Waals surface area contributed by atoms with Gasteiger partial charge in [0, 0.05) is 32.7 Å². The molecule has 0 aromatic heterocycles. The molecule has 3 aromatic rings. The van der Waals surface area contributed by atoms with Gasteiger partial charge in [0.15, 0.2) is 0 Å². The van der Waals surface area contributed by atoms with Gasteiger partial charge in [-0.05, 0) is 23.6 Å². The fourth-order valence-corrected chi connectivity index (χ4v) is 4.31. The van der Waals surface area contributed by atoms with E-state index in [1.165, 1.54) is 5.56 Å². The van der Waals surface area contributed by atoms with Crippen LogP contribution < -0.4 is 5.32 Å². The molecule has 1 unspecified atom stereocenters. The molecule has 1 atom stereocenters. The van der Waals surface area contributed by atoms with Crippen LogP contribution in [-0.2, 0) is 4.79 Å². The van der Waals surface area contributed by atoms with Crippen LogP contribution in [-0.4, -0.2) is 54.5 Å². The Hall–Kier alpha value is -3.21. The average molecular weight is 440 g/mol. The van der Waals surface area contributed by atoms with Crippen molar-refractivity contribution in [3.05, 3.63) is 114 Å². The Morgan fingerprint density at radius 3 is 1.88 bits per heavy atom. The first kappa shape index (κ1) is 23.0. The minimum absolute atomic E-state index is 0.0742. The summed E-state index contributed by atoms with van der Waals surface area (Å²) in [5.41, 5.74) is 3.42. The van der Waals surface area contributed by atoms with Crippen LogP contribution in [0.1, 0.15) is 29.7 Å². The van der Waals surface area contributed by atoms with E-state index in [0.29, 0.717) is 0 Å². The second-order valence-electron chi connectivity index (χ2n) is 8.59. The van der Waals surface area contributed by atoms with Crippen molar-refractivity contribution in [2.24, 2.45) is 0 Å². The molecule has 0 aliphatic carbocycles. The zero-order chi connectivity index (χ0) is 22.9. The summed E-state index contributed by atoms with van der Waals surface area (Å²) >= 11 is 0. The minimum atomic E-state index is -0.165. The number of carbonyl (C=O) groups excluding carboxylic acids is 1. The molecule has 0 radical (unpaired) electrons. The topological polar surface area (TPSA) is 35.6 Å². The van der Waals surface area contributed by atoms with Crippen molar-refractivity contribution in [3.63, 3.8) is 0 Å². The Morgan fingerprint density at radius 1 is 0.818 bits per heavy atom. The van der Waals surface area contributed by atoms with Gasteiger partial charge in [-0.1, -0.05) is 103 Å². The molecule has 4 nitrogen and oxygen atoms in total.